The summed E-state index contributed by atoms with van der Waals surface area (Å²) in [6.45, 7) is 4.35. The van der Waals surface area contributed by atoms with Gasteiger partial charge in [0, 0.05) is 23.4 Å². The third-order valence-electron chi connectivity index (χ3n) is 4.15. The van der Waals surface area contributed by atoms with E-state index in [-0.39, 0.29) is 18.2 Å². The highest BCUT2D eigenvalue weighted by molar-refractivity contribution is 5.93. The second-order valence-corrected chi connectivity index (χ2v) is 5.74. The molecule has 26 heavy (non-hydrogen) atoms. The molecule has 7 heteroatoms. The topological polar surface area (TPSA) is 103 Å². The SMILES string of the molecule is CCc1cccc(CC)c1NC(N)=NCc1cc([N+](=O)[O-])ccc1OC. The Morgan fingerprint density at radius 2 is 1.85 bits per heavy atom. The number of benzene rings is 2. The second-order valence-electron chi connectivity index (χ2n) is 5.74. The second kappa shape index (κ2) is 8.84. The van der Waals surface area contributed by atoms with Crippen molar-refractivity contribution in [1.82, 2.24) is 0 Å². The lowest BCUT2D eigenvalue weighted by Gasteiger charge is -2.15. The third-order valence-corrected chi connectivity index (χ3v) is 4.15. The number of guanidine groups is 1. The maximum absolute atomic E-state index is 11.0. The number of nitrogens with two attached hydrogens (primary N) is 1. The van der Waals surface area contributed by atoms with E-state index in [9.17, 15) is 10.1 Å². The molecule has 2 aromatic carbocycles. The van der Waals surface area contributed by atoms with Crippen LogP contribution in [0.3, 0.4) is 0 Å². The Hall–Kier alpha value is -3.09. The predicted octanol–water partition coefficient (Wildman–Crippen LogP) is 3.66. The molecule has 0 amide bonds. The number of aliphatic imine (C=N–C) groups is 1. The highest BCUT2D eigenvalue weighted by atomic mass is 16.6. The van der Waals surface area contributed by atoms with Gasteiger partial charge in [-0.1, -0.05) is 32.0 Å². The van der Waals surface area contributed by atoms with E-state index in [4.69, 9.17) is 10.5 Å². The normalized spacial score (nSPS) is 11.3. The number of hydrogen-bond donors (Lipinski definition) is 2. The first-order valence-electron chi connectivity index (χ1n) is 8.49. The summed E-state index contributed by atoms with van der Waals surface area (Å²) in [5, 5.41) is 14.1. The van der Waals surface area contributed by atoms with Gasteiger partial charge in [0.05, 0.1) is 18.6 Å². The van der Waals surface area contributed by atoms with Gasteiger partial charge in [0.15, 0.2) is 5.96 Å². The number of aryl methyl sites for hydroxylation is 2. The number of nitrogens with one attached hydrogen (secondary N) is 1. The van der Waals surface area contributed by atoms with Crippen LogP contribution in [-0.2, 0) is 19.4 Å². The summed E-state index contributed by atoms with van der Waals surface area (Å²) in [6.07, 6.45) is 1.75. The Balaban J connectivity index is 2.24. The molecular formula is C19H24N4O3. The average Bonchev–Trinajstić information content (AvgIpc) is 2.66. The molecule has 0 aliphatic carbocycles. The highest BCUT2D eigenvalue weighted by Crippen LogP contribution is 2.25. The maximum atomic E-state index is 11.0. The van der Waals surface area contributed by atoms with Gasteiger partial charge in [-0.3, -0.25) is 10.1 Å². The van der Waals surface area contributed by atoms with Crippen LogP contribution in [0.1, 0.15) is 30.5 Å². The van der Waals surface area contributed by atoms with Gasteiger partial charge in [-0.15, -0.1) is 0 Å². The van der Waals surface area contributed by atoms with Crippen molar-refractivity contribution in [2.24, 2.45) is 10.7 Å². The summed E-state index contributed by atoms with van der Waals surface area (Å²) in [4.78, 5) is 14.9. The van der Waals surface area contributed by atoms with Gasteiger partial charge in [-0.05, 0) is 30.0 Å². The number of nitro groups is 1. The van der Waals surface area contributed by atoms with Crippen LogP contribution >= 0.6 is 0 Å². The molecule has 0 saturated heterocycles. The minimum absolute atomic E-state index is 0.00729. The van der Waals surface area contributed by atoms with Crippen LogP contribution in [0.25, 0.3) is 0 Å². The van der Waals surface area contributed by atoms with Crippen molar-refractivity contribution in [3.63, 3.8) is 0 Å². The minimum atomic E-state index is -0.445. The van der Waals surface area contributed by atoms with E-state index < -0.39 is 4.92 Å². The van der Waals surface area contributed by atoms with Crippen molar-refractivity contribution in [1.29, 1.82) is 0 Å². The van der Waals surface area contributed by atoms with E-state index in [1.807, 2.05) is 6.07 Å². The Kier molecular flexibility index (Phi) is 6.54. The first-order valence-corrected chi connectivity index (χ1v) is 8.49. The van der Waals surface area contributed by atoms with Crippen molar-refractivity contribution in [3.05, 3.63) is 63.2 Å². The number of anilines is 1. The number of hydrogen-bond acceptors (Lipinski definition) is 4. The number of non-ortho nitro benzene ring substituents is 1. The number of nitro benzene ring substituents is 1. The number of methoxy groups -OCH3 is 1. The van der Waals surface area contributed by atoms with Crippen molar-refractivity contribution >= 4 is 17.3 Å². The molecule has 0 unspecified atom stereocenters. The summed E-state index contributed by atoms with van der Waals surface area (Å²) in [5.74, 6) is 0.796. The molecule has 7 nitrogen and oxygen atoms in total. The van der Waals surface area contributed by atoms with Gasteiger partial charge in [-0.2, -0.15) is 0 Å². The smallest absolute Gasteiger partial charge is 0.270 e. The van der Waals surface area contributed by atoms with Crippen molar-refractivity contribution in [2.45, 2.75) is 33.2 Å². The van der Waals surface area contributed by atoms with Crippen molar-refractivity contribution in [2.75, 3.05) is 12.4 Å². The lowest BCUT2D eigenvalue weighted by Crippen LogP contribution is -2.24. The summed E-state index contributed by atoms with van der Waals surface area (Å²) < 4.78 is 5.25. The Labute approximate surface area is 153 Å². The van der Waals surface area contributed by atoms with Crippen LogP contribution in [0.15, 0.2) is 41.4 Å². The summed E-state index contributed by atoms with van der Waals surface area (Å²) in [5.41, 5.74) is 9.95. The molecule has 0 aliphatic heterocycles. The Bertz CT molecular complexity index is 796. The number of nitrogens with zero attached hydrogens (tertiary/aromatic N) is 2. The molecule has 0 aliphatic rings. The van der Waals surface area contributed by atoms with Crippen LogP contribution in [0.2, 0.25) is 0 Å². The zero-order valence-corrected chi connectivity index (χ0v) is 15.3. The van der Waals surface area contributed by atoms with Gasteiger partial charge in [0.1, 0.15) is 5.75 Å². The molecule has 0 atom stereocenters. The molecule has 0 aromatic heterocycles. The monoisotopic (exact) mass is 356 g/mol. The molecule has 2 aromatic rings. The lowest BCUT2D eigenvalue weighted by molar-refractivity contribution is -0.384. The van der Waals surface area contributed by atoms with Gasteiger partial charge in [-0.25, -0.2) is 4.99 Å². The first kappa shape index (κ1) is 19.2. The van der Waals surface area contributed by atoms with Gasteiger partial charge < -0.3 is 15.8 Å². The summed E-state index contributed by atoms with van der Waals surface area (Å²) in [7, 11) is 1.51. The maximum Gasteiger partial charge on any atom is 0.270 e. The fourth-order valence-electron chi connectivity index (χ4n) is 2.74. The summed E-state index contributed by atoms with van der Waals surface area (Å²) >= 11 is 0. The highest BCUT2D eigenvalue weighted by Gasteiger charge is 2.12. The zero-order chi connectivity index (χ0) is 19.1. The summed E-state index contributed by atoms with van der Waals surface area (Å²) in [6, 6.07) is 10.6. The molecule has 0 radical (unpaired) electrons. The van der Waals surface area contributed by atoms with Crippen molar-refractivity contribution < 1.29 is 9.66 Å². The average molecular weight is 356 g/mol. The fraction of sp³-hybridized carbons (Fsp3) is 0.316. The van der Waals surface area contributed by atoms with E-state index in [0.29, 0.717) is 11.3 Å². The van der Waals surface area contributed by atoms with Crippen LogP contribution < -0.4 is 15.8 Å². The first-order chi connectivity index (χ1) is 12.5. The van der Waals surface area contributed by atoms with Gasteiger partial charge >= 0.3 is 0 Å². The largest absolute Gasteiger partial charge is 0.496 e. The fourth-order valence-corrected chi connectivity index (χ4v) is 2.74. The molecule has 2 rings (SSSR count). The van der Waals surface area contributed by atoms with Crippen LogP contribution in [0.5, 0.6) is 5.75 Å². The molecular weight excluding hydrogens is 332 g/mol. The predicted molar refractivity (Wildman–Crippen MR) is 104 cm³/mol. The van der Waals surface area contributed by atoms with Crippen molar-refractivity contribution in [3.8, 4) is 5.75 Å². The number of ether oxygens (including phenoxy) is 1. The number of para-hydroxylation sites is 1. The lowest BCUT2D eigenvalue weighted by atomic mass is 10.0. The van der Waals surface area contributed by atoms with E-state index in [1.54, 1.807) is 6.07 Å². The van der Waals surface area contributed by atoms with Gasteiger partial charge in [0.2, 0.25) is 0 Å². The molecule has 0 heterocycles. The molecule has 3 N–H and O–H groups in total. The van der Waals surface area contributed by atoms with Crippen LogP contribution in [0.4, 0.5) is 11.4 Å². The van der Waals surface area contributed by atoms with Crippen LogP contribution in [0, 0.1) is 10.1 Å². The molecule has 0 bridgehead atoms. The number of rotatable bonds is 7. The Morgan fingerprint density at radius 1 is 1.19 bits per heavy atom. The van der Waals surface area contributed by atoms with E-state index >= 15 is 0 Å². The van der Waals surface area contributed by atoms with E-state index in [0.717, 1.165) is 29.7 Å². The Morgan fingerprint density at radius 3 is 2.38 bits per heavy atom. The van der Waals surface area contributed by atoms with Crippen LogP contribution in [-0.4, -0.2) is 18.0 Å². The quantitative estimate of drug-likeness (QED) is 0.341. The standard InChI is InChI=1S/C19H24N4O3/c1-4-13-7-6-8-14(5-2)18(13)22-19(20)21-12-15-11-16(23(24)25)9-10-17(15)26-3/h6-11H,4-5,12H2,1-3H3,(H3,20,21,22). The molecule has 0 saturated carbocycles. The molecule has 0 fully saturated rings. The third kappa shape index (κ3) is 4.50. The minimum Gasteiger partial charge on any atom is -0.496 e. The molecule has 0 spiro atoms. The van der Waals surface area contributed by atoms with Gasteiger partial charge in [0.25, 0.3) is 5.69 Å². The van der Waals surface area contributed by atoms with E-state index in [2.05, 4.69) is 36.3 Å². The molecule has 138 valence electrons. The zero-order valence-electron chi connectivity index (χ0n) is 15.3. The van der Waals surface area contributed by atoms with E-state index in [1.165, 1.54) is 19.2 Å².